The van der Waals surface area contributed by atoms with Crippen LogP contribution in [0.15, 0.2) is 53.7 Å². The molecule has 5 nitrogen and oxygen atoms in total. The van der Waals surface area contributed by atoms with Crippen molar-refractivity contribution in [2.45, 2.75) is 33.4 Å². The number of amides is 2. The molecule has 1 heterocycles. The Morgan fingerprint density at radius 3 is 2.38 bits per heavy atom. The third-order valence-electron chi connectivity index (χ3n) is 4.55. The number of hydrogen-bond acceptors (Lipinski definition) is 3. The molecular weight excluding hydrogens is 409 g/mol. The molecule has 7 heteroatoms. The SMILES string of the molecule is CC(C)(C)C1=C(C#N)[C@H](c2ccc(OCc3ccc(Cl)c(Cl)c3)cc2)NC(=O)N1. The number of ether oxygens (including phenoxy) is 1. The zero-order valence-corrected chi connectivity index (χ0v) is 17.9. The molecule has 0 radical (unpaired) electrons. The number of halogens is 2. The number of carbonyl (C=O) groups excluding carboxylic acids is 1. The minimum absolute atomic E-state index is 0.320. The molecule has 1 atom stereocenters. The maximum absolute atomic E-state index is 12.1. The smallest absolute Gasteiger partial charge is 0.319 e. The van der Waals surface area contributed by atoms with Crippen LogP contribution in [0.4, 0.5) is 4.79 Å². The van der Waals surface area contributed by atoms with Crippen LogP contribution >= 0.6 is 23.2 Å². The molecule has 150 valence electrons. The fourth-order valence-electron chi connectivity index (χ4n) is 3.08. The molecule has 0 spiro atoms. The van der Waals surface area contributed by atoms with Gasteiger partial charge in [-0.15, -0.1) is 0 Å². The van der Waals surface area contributed by atoms with Crippen LogP contribution in [0.5, 0.6) is 5.75 Å². The number of nitrogens with one attached hydrogen (secondary N) is 2. The van der Waals surface area contributed by atoms with Gasteiger partial charge in [0.15, 0.2) is 0 Å². The van der Waals surface area contributed by atoms with Crippen LogP contribution in [0.1, 0.15) is 37.9 Å². The topological polar surface area (TPSA) is 74.1 Å². The summed E-state index contributed by atoms with van der Waals surface area (Å²) in [6, 6.07) is 14.1. The number of benzene rings is 2. The molecule has 2 aromatic rings. The van der Waals surface area contributed by atoms with Crippen molar-refractivity contribution >= 4 is 29.2 Å². The largest absolute Gasteiger partial charge is 0.489 e. The van der Waals surface area contributed by atoms with Gasteiger partial charge in [0, 0.05) is 11.1 Å². The molecule has 0 saturated carbocycles. The Morgan fingerprint density at radius 2 is 1.79 bits per heavy atom. The molecule has 2 aromatic carbocycles. The monoisotopic (exact) mass is 429 g/mol. The van der Waals surface area contributed by atoms with E-state index in [0.29, 0.717) is 33.7 Å². The highest BCUT2D eigenvalue weighted by molar-refractivity contribution is 6.42. The van der Waals surface area contributed by atoms with Gasteiger partial charge in [0.05, 0.1) is 27.7 Å². The molecule has 2 N–H and O–H groups in total. The van der Waals surface area contributed by atoms with Crippen LogP contribution in [0.3, 0.4) is 0 Å². The maximum atomic E-state index is 12.1. The van der Waals surface area contributed by atoms with Gasteiger partial charge in [-0.25, -0.2) is 4.79 Å². The van der Waals surface area contributed by atoms with E-state index >= 15 is 0 Å². The number of urea groups is 1. The number of nitriles is 1. The average Bonchev–Trinajstić information content (AvgIpc) is 2.68. The lowest BCUT2D eigenvalue weighted by Crippen LogP contribution is -2.46. The zero-order chi connectivity index (χ0) is 21.2. The van der Waals surface area contributed by atoms with Gasteiger partial charge in [0.25, 0.3) is 0 Å². The van der Waals surface area contributed by atoms with Crippen LogP contribution in [-0.2, 0) is 6.61 Å². The van der Waals surface area contributed by atoms with E-state index in [-0.39, 0.29) is 11.4 Å². The molecule has 0 bridgehead atoms. The summed E-state index contributed by atoms with van der Waals surface area (Å²) in [6.45, 7) is 6.23. The van der Waals surface area contributed by atoms with Crippen LogP contribution in [0.25, 0.3) is 0 Å². The lowest BCUT2D eigenvalue weighted by molar-refractivity contribution is 0.235. The van der Waals surface area contributed by atoms with E-state index in [1.165, 1.54) is 0 Å². The second-order valence-electron chi connectivity index (χ2n) is 7.79. The first kappa shape index (κ1) is 21.0. The first-order chi connectivity index (χ1) is 13.7. The minimum atomic E-state index is -0.507. The van der Waals surface area contributed by atoms with Crippen molar-refractivity contribution in [2.24, 2.45) is 5.41 Å². The maximum Gasteiger partial charge on any atom is 0.319 e. The van der Waals surface area contributed by atoms with E-state index in [0.717, 1.165) is 11.1 Å². The van der Waals surface area contributed by atoms with E-state index < -0.39 is 6.04 Å². The second-order valence-corrected chi connectivity index (χ2v) is 8.60. The molecule has 0 aliphatic carbocycles. The number of nitrogens with zero attached hydrogens (tertiary/aromatic N) is 1. The summed E-state index contributed by atoms with van der Waals surface area (Å²) in [5.41, 5.74) is 2.48. The molecular formula is C22H21Cl2N3O2. The first-order valence-corrected chi connectivity index (χ1v) is 9.83. The van der Waals surface area contributed by atoms with Crippen molar-refractivity contribution in [3.8, 4) is 11.8 Å². The fraction of sp³-hybridized carbons (Fsp3) is 0.273. The summed E-state index contributed by atoms with van der Waals surface area (Å²) in [5.74, 6) is 0.665. The highest BCUT2D eigenvalue weighted by Gasteiger charge is 2.33. The molecule has 29 heavy (non-hydrogen) atoms. The van der Waals surface area contributed by atoms with E-state index in [4.69, 9.17) is 27.9 Å². The van der Waals surface area contributed by atoms with Gasteiger partial charge >= 0.3 is 6.03 Å². The van der Waals surface area contributed by atoms with E-state index in [9.17, 15) is 10.1 Å². The summed E-state index contributed by atoms with van der Waals surface area (Å²) in [7, 11) is 0. The highest BCUT2D eigenvalue weighted by Crippen LogP contribution is 2.35. The fourth-order valence-corrected chi connectivity index (χ4v) is 3.40. The molecule has 1 aliphatic rings. The van der Waals surface area contributed by atoms with Gasteiger partial charge in [-0.3, -0.25) is 0 Å². The summed E-state index contributed by atoms with van der Waals surface area (Å²) in [6.07, 6.45) is 0. The number of carbonyl (C=O) groups is 1. The Balaban J connectivity index is 1.79. The lowest BCUT2D eigenvalue weighted by Gasteiger charge is -2.33. The highest BCUT2D eigenvalue weighted by atomic mass is 35.5. The summed E-state index contributed by atoms with van der Waals surface area (Å²) in [4.78, 5) is 12.1. The molecule has 0 fully saturated rings. The van der Waals surface area contributed by atoms with Crippen LogP contribution in [0, 0.1) is 16.7 Å². The molecule has 2 amide bonds. The Labute approximate surface area is 180 Å². The first-order valence-electron chi connectivity index (χ1n) is 9.08. The zero-order valence-electron chi connectivity index (χ0n) is 16.3. The summed E-state index contributed by atoms with van der Waals surface area (Å²) in [5, 5.41) is 16.3. The molecule has 3 rings (SSSR count). The molecule has 0 aromatic heterocycles. The second kappa shape index (κ2) is 8.36. The predicted octanol–water partition coefficient (Wildman–Crippen LogP) is 5.75. The number of allylic oxidation sites excluding steroid dienone is 1. The van der Waals surface area contributed by atoms with Crippen molar-refractivity contribution < 1.29 is 9.53 Å². The van der Waals surface area contributed by atoms with Crippen molar-refractivity contribution in [1.29, 1.82) is 5.26 Å². The van der Waals surface area contributed by atoms with Crippen molar-refractivity contribution in [3.63, 3.8) is 0 Å². The van der Waals surface area contributed by atoms with Gasteiger partial charge < -0.3 is 15.4 Å². The third kappa shape index (κ3) is 4.84. The predicted molar refractivity (Wildman–Crippen MR) is 114 cm³/mol. The molecule has 0 unspecified atom stereocenters. The summed E-state index contributed by atoms with van der Waals surface area (Å²) < 4.78 is 5.80. The quantitative estimate of drug-likeness (QED) is 0.649. The average molecular weight is 430 g/mol. The standard InChI is InChI=1S/C22H21Cl2N3O2/c1-22(2,3)20-16(11-25)19(26-21(28)27-20)14-5-7-15(8-6-14)29-12-13-4-9-17(23)18(24)10-13/h4-10,19H,12H2,1-3H3,(H2,26,27,28)/t19-/m0/s1. The van der Waals surface area contributed by atoms with Gasteiger partial charge in [0.2, 0.25) is 0 Å². The van der Waals surface area contributed by atoms with E-state index in [1.807, 2.05) is 51.1 Å². The number of rotatable bonds is 4. The van der Waals surface area contributed by atoms with Gasteiger partial charge in [-0.05, 0) is 35.4 Å². The van der Waals surface area contributed by atoms with Crippen molar-refractivity contribution in [1.82, 2.24) is 10.6 Å². The van der Waals surface area contributed by atoms with Crippen LogP contribution in [0.2, 0.25) is 10.0 Å². The molecule has 0 saturated heterocycles. The Morgan fingerprint density at radius 1 is 1.10 bits per heavy atom. The normalized spacial score (nSPS) is 16.7. The van der Waals surface area contributed by atoms with Crippen LogP contribution < -0.4 is 15.4 Å². The van der Waals surface area contributed by atoms with Gasteiger partial charge in [-0.1, -0.05) is 62.2 Å². The van der Waals surface area contributed by atoms with Crippen LogP contribution in [-0.4, -0.2) is 6.03 Å². The van der Waals surface area contributed by atoms with E-state index in [2.05, 4.69) is 16.7 Å². The summed E-state index contributed by atoms with van der Waals surface area (Å²) >= 11 is 12.0. The van der Waals surface area contributed by atoms with Crippen molar-refractivity contribution in [2.75, 3.05) is 0 Å². The molecule has 1 aliphatic heterocycles. The Hall–Kier alpha value is -2.68. The Bertz CT molecular complexity index is 1000. The van der Waals surface area contributed by atoms with Gasteiger partial charge in [-0.2, -0.15) is 5.26 Å². The number of hydrogen-bond donors (Lipinski definition) is 2. The Kier molecular flexibility index (Phi) is 6.07. The van der Waals surface area contributed by atoms with E-state index in [1.54, 1.807) is 12.1 Å². The lowest BCUT2D eigenvalue weighted by atomic mass is 9.84. The van der Waals surface area contributed by atoms with Crippen molar-refractivity contribution in [3.05, 3.63) is 74.9 Å². The minimum Gasteiger partial charge on any atom is -0.489 e. The van der Waals surface area contributed by atoms with Gasteiger partial charge in [0.1, 0.15) is 12.4 Å². The third-order valence-corrected chi connectivity index (χ3v) is 5.28.